The van der Waals surface area contributed by atoms with Gasteiger partial charge in [0, 0.05) is 29.1 Å². The minimum atomic E-state index is -0.866. The summed E-state index contributed by atoms with van der Waals surface area (Å²) in [6.45, 7) is 7.81. The number of benzene rings is 1. The number of hydrogen-bond acceptors (Lipinski definition) is 2. The van der Waals surface area contributed by atoms with Crippen molar-refractivity contribution >= 4 is 22.7 Å². The molecule has 0 aliphatic carbocycles. The average Bonchev–Trinajstić information content (AvgIpc) is 2.84. The van der Waals surface area contributed by atoms with Gasteiger partial charge in [-0.1, -0.05) is 26.0 Å². The smallest absolute Gasteiger partial charge is 0.304 e. The number of aryl methyl sites for hydroxylation is 1. The third kappa shape index (κ3) is 3.87. The maximum atomic E-state index is 14.1. The summed E-state index contributed by atoms with van der Waals surface area (Å²) >= 11 is 0. The zero-order valence-electron chi connectivity index (χ0n) is 15.8. The number of carbonyl (C=O) groups is 2. The van der Waals surface area contributed by atoms with Crippen LogP contribution in [-0.4, -0.2) is 21.4 Å². The number of allylic oxidation sites excluding steroid dienone is 2. The van der Waals surface area contributed by atoms with Crippen LogP contribution in [0.4, 0.5) is 4.39 Å². The van der Waals surface area contributed by atoms with Crippen LogP contribution in [-0.2, 0) is 11.3 Å². The fourth-order valence-corrected chi connectivity index (χ4v) is 3.61. The molecule has 1 aromatic carbocycles. The van der Waals surface area contributed by atoms with Gasteiger partial charge in [0.25, 0.3) is 0 Å². The maximum Gasteiger partial charge on any atom is 0.304 e. The van der Waals surface area contributed by atoms with Crippen molar-refractivity contribution in [1.29, 1.82) is 0 Å². The summed E-state index contributed by atoms with van der Waals surface area (Å²) in [5, 5.41) is 9.98. The summed E-state index contributed by atoms with van der Waals surface area (Å²) in [6.07, 6.45) is 5.57. The van der Waals surface area contributed by atoms with Crippen molar-refractivity contribution in [2.75, 3.05) is 0 Å². The highest BCUT2D eigenvalue weighted by Gasteiger charge is 2.25. The molecule has 1 atom stereocenters. The van der Waals surface area contributed by atoms with Gasteiger partial charge in [0.1, 0.15) is 5.82 Å². The van der Waals surface area contributed by atoms with E-state index in [-0.39, 0.29) is 18.1 Å². The van der Waals surface area contributed by atoms with Gasteiger partial charge >= 0.3 is 5.97 Å². The van der Waals surface area contributed by atoms with Crippen LogP contribution in [0.3, 0.4) is 0 Å². The Morgan fingerprint density at radius 2 is 1.96 bits per heavy atom. The number of halogens is 1. The second-order valence-electron chi connectivity index (χ2n) is 6.61. The Hall–Kier alpha value is -2.43. The van der Waals surface area contributed by atoms with E-state index in [1.165, 1.54) is 19.1 Å². The molecule has 1 heterocycles. The number of carboxylic acid groups (broad SMARTS) is 1. The van der Waals surface area contributed by atoms with Gasteiger partial charge in [-0.2, -0.15) is 0 Å². The van der Waals surface area contributed by atoms with E-state index in [9.17, 15) is 19.1 Å². The second-order valence-corrected chi connectivity index (χ2v) is 6.61. The molecule has 26 heavy (non-hydrogen) atoms. The van der Waals surface area contributed by atoms with Crippen LogP contribution in [0.15, 0.2) is 24.3 Å². The maximum absolute atomic E-state index is 14.1. The standard InChI is InChI=1S/C21H26FNO3/c1-5-7-8-9-23-20(15(6-2)10-19(25)26)13(3)17-11-16(22)12-18(14(4)24)21(17)23/h7-8,11-12,15H,5-6,9-10H2,1-4H3,(H,25,26)/b8-7+/t15-/m1/s1. The lowest BCUT2D eigenvalue weighted by molar-refractivity contribution is -0.137. The third-order valence-corrected chi connectivity index (χ3v) is 4.79. The van der Waals surface area contributed by atoms with Crippen molar-refractivity contribution in [2.45, 2.75) is 59.4 Å². The van der Waals surface area contributed by atoms with E-state index in [2.05, 4.69) is 0 Å². The number of ketones is 1. The molecule has 140 valence electrons. The Kier molecular flexibility index (Phi) is 6.35. The molecular formula is C21H26FNO3. The Balaban J connectivity index is 2.84. The largest absolute Gasteiger partial charge is 0.481 e. The lowest BCUT2D eigenvalue weighted by Gasteiger charge is -2.18. The average molecular weight is 359 g/mol. The van der Waals surface area contributed by atoms with Crippen molar-refractivity contribution in [3.8, 4) is 0 Å². The number of rotatable bonds is 8. The highest BCUT2D eigenvalue weighted by molar-refractivity contribution is 6.07. The van der Waals surface area contributed by atoms with E-state index in [0.717, 1.165) is 17.7 Å². The predicted molar refractivity (Wildman–Crippen MR) is 101 cm³/mol. The van der Waals surface area contributed by atoms with E-state index in [4.69, 9.17) is 0 Å². The highest BCUT2D eigenvalue weighted by atomic mass is 19.1. The lowest BCUT2D eigenvalue weighted by Crippen LogP contribution is -2.13. The molecule has 5 heteroatoms. The molecule has 0 saturated heterocycles. The van der Waals surface area contributed by atoms with Gasteiger partial charge in [-0.15, -0.1) is 0 Å². The van der Waals surface area contributed by atoms with Crippen LogP contribution in [0, 0.1) is 12.7 Å². The van der Waals surface area contributed by atoms with Crippen molar-refractivity contribution in [3.05, 3.63) is 46.9 Å². The van der Waals surface area contributed by atoms with Gasteiger partial charge in [-0.25, -0.2) is 4.39 Å². The SMILES string of the molecule is CC/C=C/Cn1c([C@H](CC)CC(=O)O)c(C)c2cc(F)cc(C(C)=O)c21. The van der Waals surface area contributed by atoms with Crippen LogP contribution >= 0.6 is 0 Å². The molecule has 1 N–H and O–H groups in total. The minimum absolute atomic E-state index is 0.00302. The van der Waals surface area contributed by atoms with Gasteiger partial charge in [0.15, 0.2) is 5.78 Å². The number of fused-ring (bicyclic) bond motifs is 1. The highest BCUT2D eigenvalue weighted by Crippen LogP contribution is 2.36. The molecule has 2 aromatic rings. The van der Waals surface area contributed by atoms with E-state index in [0.29, 0.717) is 29.4 Å². The molecule has 0 spiro atoms. The van der Waals surface area contributed by atoms with Gasteiger partial charge in [0.05, 0.1) is 11.9 Å². The van der Waals surface area contributed by atoms with Crippen molar-refractivity contribution < 1.29 is 19.1 Å². The zero-order valence-corrected chi connectivity index (χ0v) is 15.8. The number of Topliss-reactive ketones (excluding diaryl/α,β-unsaturated/α-hetero) is 1. The van der Waals surface area contributed by atoms with Gasteiger partial charge in [0.2, 0.25) is 0 Å². The van der Waals surface area contributed by atoms with Gasteiger partial charge in [-0.3, -0.25) is 9.59 Å². The molecule has 0 fully saturated rings. The van der Waals surface area contributed by atoms with E-state index in [1.807, 2.05) is 37.5 Å². The number of carboxylic acids is 1. The summed E-state index contributed by atoms with van der Waals surface area (Å²) in [7, 11) is 0. The van der Waals surface area contributed by atoms with Crippen LogP contribution in [0.2, 0.25) is 0 Å². The van der Waals surface area contributed by atoms with Gasteiger partial charge < -0.3 is 9.67 Å². The quantitative estimate of drug-likeness (QED) is 0.519. The fourth-order valence-electron chi connectivity index (χ4n) is 3.61. The third-order valence-electron chi connectivity index (χ3n) is 4.79. The zero-order chi connectivity index (χ0) is 19.4. The molecule has 1 aromatic heterocycles. The first-order chi connectivity index (χ1) is 12.3. The summed E-state index contributed by atoms with van der Waals surface area (Å²) in [5.74, 6) is -1.72. The van der Waals surface area contributed by atoms with Crippen LogP contribution in [0.25, 0.3) is 10.9 Å². The first kappa shape index (κ1) is 19.9. The van der Waals surface area contributed by atoms with Crippen molar-refractivity contribution in [3.63, 3.8) is 0 Å². The summed E-state index contributed by atoms with van der Waals surface area (Å²) in [6, 6.07) is 2.71. The lowest BCUT2D eigenvalue weighted by atomic mass is 9.95. The summed E-state index contributed by atoms with van der Waals surface area (Å²) in [4.78, 5) is 23.5. The molecule has 0 unspecified atom stereocenters. The van der Waals surface area contributed by atoms with E-state index < -0.39 is 11.8 Å². The summed E-state index contributed by atoms with van der Waals surface area (Å²) in [5.41, 5.74) is 2.75. The Morgan fingerprint density at radius 3 is 2.50 bits per heavy atom. The Bertz CT molecular complexity index is 864. The monoisotopic (exact) mass is 359 g/mol. The topological polar surface area (TPSA) is 59.3 Å². The molecule has 0 radical (unpaired) electrons. The Morgan fingerprint density at radius 1 is 1.27 bits per heavy atom. The number of aromatic nitrogens is 1. The predicted octanol–water partition coefficient (Wildman–Crippen LogP) is 5.23. The second kappa shape index (κ2) is 8.30. The van der Waals surface area contributed by atoms with Crippen molar-refractivity contribution in [1.82, 2.24) is 4.57 Å². The molecule has 4 nitrogen and oxygen atoms in total. The first-order valence-corrected chi connectivity index (χ1v) is 9.01. The van der Waals surface area contributed by atoms with Crippen molar-refractivity contribution in [2.24, 2.45) is 0 Å². The normalized spacial score (nSPS) is 12.8. The minimum Gasteiger partial charge on any atom is -0.481 e. The van der Waals surface area contributed by atoms with E-state index >= 15 is 0 Å². The number of nitrogens with zero attached hydrogens (tertiary/aromatic N) is 1. The van der Waals surface area contributed by atoms with Crippen LogP contribution in [0.5, 0.6) is 0 Å². The summed E-state index contributed by atoms with van der Waals surface area (Å²) < 4.78 is 16.1. The van der Waals surface area contributed by atoms with Crippen LogP contribution in [0.1, 0.15) is 67.6 Å². The number of carbonyl (C=O) groups excluding carboxylic acids is 1. The van der Waals surface area contributed by atoms with E-state index in [1.54, 1.807) is 0 Å². The fraction of sp³-hybridized carbons (Fsp3) is 0.429. The molecule has 2 rings (SSSR count). The molecule has 0 aliphatic rings. The Labute approximate surface area is 153 Å². The molecule has 0 amide bonds. The molecule has 0 saturated carbocycles. The molecular weight excluding hydrogens is 333 g/mol. The van der Waals surface area contributed by atoms with Crippen LogP contribution < -0.4 is 0 Å². The number of hydrogen-bond donors (Lipinski definition) is 1. The first-order valence-electron chi connectivity index (χ1n) is 9.01. The van der Waals surface area contributed by atoms with Gasteiger partial charge in [-0.05, 0) is 44.4 Å². The number of aliphatic carboxylic acids is 1. The molecule has 0 bridgehead atoms. The molecule has 0 aliphatic heterocycles.